The van der Waals surface area contributed by atoms with Crippen LogP contribution in [-0.4, -0.2) is 50.3 Å². The minimum Gasteiger partial charge on any atom is -0.493 e. The van der Waals surface area contributed by atoms with Crippen LogP contribution in [0.15, 0.2) is 42.5 Å². The Morgan fingerprint density at radius 2 is 1.92 bits per heavy atom. The predicted molar refractivity (Wildman–Crippen MR) is 97.0 cm³/mol. The third kappa shape index (κ3) is 2.97. The number of hydrogen-bond donors (Lipinski definition) is 1. The van der Waals surface area contributed by atoms with Crippen molar-refractivity contribution in [1.29, 1.82) is 0 Å². The molecule has 6 nitrogen and oxygen atoms in total. The van der Waals surface area contributed by atoms with Crippen LogP contribution in [0.4, 0.5) is 0 Å². The summed E-state index contributed by atoms with van der Waals surface area (Å²) in [6.07, 6.45) is 0. The molecule has 2 N–H and O–H groups in total. The number of likely N-dealkylation sites (tertiary alicyclic amines) is 1. The molecule has 0 saturated carbocycles. The molecule has 0 spiro atoms. The van der Waals surface area contributed by atoms with E-state index in [0.29, 0.717) is 49.1 Å². The second kappa shape index (κ2) is 6.88. The standard InChI is InChI=1S/C20H22N2O4/c1-24-17-9-14(10-18-19(17)26-8-7-25-18)20(23)22-11-15(16(21)12-22)13-5-3-2-4-6-13/h2-6,9-10,15-16H,7-8,11-12,21H2,1H3/t15-,16+/m0/s1. The van der Waals surface area contributed by atoms with Crippen molar-refractivity contribution in [2.45, 2.75) is 12.0 Å². The minimum atomic E-state index is -0.0829. The zero-order chi connectivity index (χ0) is 18.1. The average Bonchev–Trinajstić information content (AvgIpc) is 3.08. The fraction of sp³-hybridized carbons (Fsp3) is 0.350. The minimum absolute atomic E-state index is 0.0749. The summed E-state index contributed by atoms with van der Waals surface area (Å²) in [4.78, 5) is 14.8. The maximum atomic E-state index is 13.0. The number of methoxy groups -OCH3 is 1. The molecule has 0 aromatic heterocycles. The van der Waals surface area contributed by atoms with Crippen molar-refractivity contribution in [3.63, 3.8) is 0 Å². The first kappa shape index (κ1) is 16.7. The maximum Gasteiger partial charge on any atom is 0.254 e. The van der Waals surface area contributed by atoms with Crippen LogP contribution in [0.2, 0.25) is 0 Å². The Balaban J connectivity index is 1.58. The summed E-state index contributed by atoms with van der Waals surface area (Å²) < 4.78 is 16.6. The molecule has 2 aliphatic rings. The molecule has 2 atom stereocenters. The van der Waals surface area contributed by atoms with Gasteiger partial charge in [0.2, 0.25) is 5.75 Å². The van der Waals surface area contributed by atoms with E-state index in [1.54, 1.807) is 24.1 Å². The Hall–Kier alpha value is -2.73. The van der Waals surface area contributed by atoms with Crippen molar-refractivity contribution in [2.75, 3.05) is 33.4 Å². The number of hydrogen-bond acceptors (Lipinski definition) is 5. The van der Waals surface area contributed by atoms with Gasteiger partial charge in [-0.1, -0.05) is 30.3 Å². The third-order valence-electron chi connectivity index (χ3n) is 4.95. The quantitative estimate of drug-likeness (QED) is 0.913. The number of fused-ring (bicyclic) bond motifs is 1. The number of rotatable bonds is 3. The molecule has 1 amide bonds. The molecule has 4 rings (SSSR count). The number of ether oxygens (including phenoxy) is 3. The second-order valence-electron chi connectivity index (χ2n) is 6.59. The van der Waals surface area contributed by atoms with E-state index in [1.807, 2.05) is 18.2 Å². The topological polar surface area (TPSA) is 74.0 Å². The summed E-state index contributed by atoms with van der Waals surface area (Å²) in [7, 11) is 1.55. The number of carbonyl (C=O) groups excluding carboxylic acids is 1. The highest BCUT2D eigenvalue weighted by Gasteiger charge is 2.35. The Labute approximate surface area is 152 Å². The highest BCUT2D eigenvalue weighted by molar-refractivity contribution is 5.96. The van der Waals surface area contributed by atoms with Crippen LogP contribution in [0.25, 0.3) is 0 Å². The highest BCUT2D eigenvalue weighted by atomic mass is 16.6. The van der Waals surface area contributed by atoms with Crippen molar-refractivity contribution >= 4 is 5.91 Å². The van der Waals surface area contributed by atoms with Gasteiger partial charge in [0, 0.05) is 30.6 Å². The number of benzene rings is 2. The molecule has 0 aliphatic carbocycles. The largest absolute Gasteiger partial charge is 0.493 e. The van der Waals surface area contributed by atoms with E-state index in [1.165, 1.54) is 0 Å². The number of nitrogens with zero attached hydrogens (tertiary/aromatic N) is 1. The molecule has 2 aliphatic heterocycles. The van der Waals surface area contributed by atoms with Gasteiger partial charge in [-0.15, -0.1) is 0 Å². The van der Waals surface area contributed by atoms with Gasteiger partial charge in [0.15, 0.2) is 11.5 Å². The van der Waals surface area contributed by atoms with Crippen molar-refractivity contribution in [2.24, 2.45) is 5.73 Å². The van der Waals surface area contributed by atoms with Crippen LogP contribution in [-0.2, 0) is 0 Å². The van der Waals surface area contributed by atoms with Crippen molar-refractivity contribution < 1.29 is 19.0 Å². The van der Waals surface area contributed by atoms with Gasteiger partial charge in [-0.3, -0.25) is 4.79 Å². The number of amides is 1. The van der Waals surface area contributed by atoms with Crippen LogP contribution < -0.4 is 19.9 Å². The van der Waals surface area contributed by atoms with E-state index in [4.69, 9.17) is 19.9 Å². The van der Waals surface area contributed by atoms with Crippen molar-refractivity contribution in [3.05, 3.63) is 53.6 Å². The van der Waals surface area contributed by atoms with Gasteiger partial charge < -0.3 is 24.8 Å². The van der Waals surface area contributed by atoms with E-state index >= 15 is 0 Å². The molecule has 2 aromatic rings. The molecule has 136 valence electrons. The van der Waals surface area contributed by atoms with E-state index in [2.05, 4.69) is 12.1 Å². The summed E-state index contributed by atoms with van der Waals surface area (Å²) in [5.74, 6) is 1.67. The number of carbonyl (C=O) groups is 1. The lowest BCUT2D eigenvalue weighted by Gasteiger charge is -2.22. The van der Waals surface area contributed by atoms with E-state index in [9.17, 15) is 4.79 Å². The first-order valence-corrected chi connectivity index (χ1v) is 8.75. The van der Waals surface area contributed by atoms with Crippen molar-refractivity contribution in [3.8, 4) is 17.2 Å². The van der Waals surface area contributed by atoms with E-state index in [-0.39, 0.29) is 17.9 Å². The zero-order valence-corrected chi connectivity index (χ0v) is 14.7. The SMILES string of the molecule is COc1cc(C(=O)N2C[C@@H](N)[C@H](c3ccccc3)C2)cc2c1OCCO2. The maximum absolute atomic E-state index is 13.0. The molecule has 2 aromatic carbocycles. The first-order valence-electron chi connectivity index (χ1n) is 8.75. The number of nitrogens with two attached hydrogens (primary N) is 1. The van der Waals surface area contributed by atoms with Gasteiger partial charge >= 0.3 is 0 Å². The van der Waals surface area contributed by atoms with Crippen LogP contribution in [0.3, 0.4) is 0 Å². The Morgan fingerprint density at radius 3 is 2.69 bits per heavy atom. The molecule has 1 fully saturated rings. The van der Waals surface area contributed by atoms with Gasteiger partial charge in [-0.05, 0) is 17.7 Å². The lowest BCUT2D eigenvalue weighted by Crippen LogP contribution is -2.32. The molecule has 0 radical (unpaired) electrons. The summed E-state index contributed by atoms with van der Waals surface area (Å²) in [5, 5.41) is 0. The van der Waals surface area contributed by atoms with E-state index < -0.39 is 0 Å². The molecular weight excluding hydrogens is 332 g/mol. The zero-order valence-electron chi connectivity index (χ0n) is 14.7. The summed E-state index contributed by atoms with van der Waals surface area (Å²) >= 11 is 0. The van der Waals surface area contributed by atoms with Crippen LogP contribution in [0.5, 0.6) is 17.2 Å². The fourth-order valence-electron chi connectivity index (χ4n) is 3.63. The molecule has 1 saturated heterocycles. The van der Waals surface area contributed by atoms with Crippen molar-refractivity contribution in [1.82, 2.24) is 4.90 Å². The van der Waals surface area contributed by atoms with Gasteiger partial charge in [0.25, 0.3) is 5.91 Å². The van der Waals surface area contributed by atoms with Gasteiger partial charge in [0.05, 0.1) is 7.11 Å². The second-order valence-corrected chi connectivity index (χ2v) is 6.59. The molecule has 0 bridgehead atoms. The molecule has 26 heavy (non-hydrogen) atoms. The average molecular weight is 354 g/mol. The van der Waals surface area contributed by atoms with E-state index in [0.717, 1.165) is 5.56 Å². The monoisotopic (exact) mass is 354 g/mol. The van der Waals surface area contributed by atoms with Gasteiger partial charge in [-0.2, -0.15) is 0 Å². The lowest BCUT2D eigenvalue weighted by atomic mass is 9.95. The lowest BCUT2D eigenvalue weighted by molar-refractivity contribution is 0.0787. The molecule has 2 heterocycles. The molecule has 6 heteroatoms. The molecular formula is C20H22N2O4. The summed E-state index contributed by atoms with van der Waals surface area (Å²) in [5.41, 5.74) is 8.00. The smallest absolute Gasteiger partial charge is 0.254 e. The normalized spacial score (nSPS) is 21.5. The highest BCUT2D eigenvalue weighted by Crippen LogP contribution is 2.41. The van der Waals surface area contributed by atoms with Gasteiger partial charge in [-0.25, -0.2) is 0 Å². The van der Waals surface area contributed by atoms with Crippen LogP contribution >= 0.6 is 0 Å². The molecule has 0 unspecified atom stereocenters. The fourth-order valence-corrected chi connectivity index (χ4v) is 3.63. The predicted octanol–water partition coefficient (Wildman–Crippen LogP) is 2.03. The summed E-state index contributed by atoms with van der Waals surface area (Å²) in [6.45, 7) is 2.05. The van der Waals surface area contributed by atoms with Crippen LogP contribution in [0.1, 0.15) is 21.8 Å². The van der Waals surface area contributed by atoms with Crippen LogP contribution in [0, 0.1) is 0 Å². The Bertz CT molecular complexity index is 792. The van der Waals surface area contributed by atoms with Gasteiger partial charge in [0.1, 0.15) is 13.2 Å². The summed E-state index contributed by atoms with van der Waals surface area (Å²) in [6, 6.07) is 13.4. The first-order chi connectivity index (χ1) is 12.7. The Morgan fingerprint density at radius 1 is 1.15 bits per heavy atom. The third-order valence-corrected chi connectivity index (χ3v) is 4.95. The Kier molecular flexibility index (Phi) is 4.42.